The highest BCUT2D eigenvalue weighted by molar-refractivity contribution is 7.88. The largest absolute Gasteiger partial charge is 0.534 e. The molecule has 1 aromatic rings. The highest BCUT2D eigenvalue weighted by Gasteiger charge is 2.48. The van der Waals surface area contributed by atoms with Gasteiger partial charge in [0.1, 0.15) is 18.1 Å². The van der Waals surface area contributed by atoms with E-state index in [4.69, 9.17) is 4.74 Å². The summed E-state index contributed by atoms with van der Waals surface area (Å²) in [5, 5.41) is 0. The molecule has 0 bridgehead atoms. The summed E-state index contributed by atoms with van der Waals surface area (Å²) >= 11 is 0. The SMILES string of the molecule is COc1cc(COC(C)=O)cc(OS(=O)(=O)C(F)(F)F)c1. The van der Waals surface area contributed by atoms with E-state index in [0.717, 1.165) is 19.1 Å². The third-order valence-corrected chi connectivity index (χ3v) is 3.09. The van der Waals surface area contributed by atoms with Crippen LogP contribution in [-0.4, -0.2) is 27.0 Å². The Morgan fingerprint density at radius 1 is 1.19 bits per heavy atom. The number of carbonyl (C=O) groups is 1. The Morgan fingerprint density at radius 2 is 1.76 bits per heavy atom. The van der Waals surface area contributed by atoms with Gasteiger partial charge in [-0.3, -0.25) is 4.79 Å². The average Bonchev–Trinajstić information content (AvgIpc) is 2.34. The molecule has 0 fully saturated rings. The number of esters is 1. The van der Waals surface area contributed by atoms with E-state index >= 15 is 0 Å². The minimum atomic E-state index is -5.79. The molecular weight excluding hydrogens is 317 g/mol. The molecule has 0 aliphatic heterocycles. The molecule has 1 rings (SSSR count). The second-order valence-corrected chi connectivity index (χ2v) is 5.32. The van der Waals surface area contributed by atoms with Crippen LogP contribution in [0.1, 0.15) is 12.5 Å². The number of hydrogen-bond donors (Lipinski definition) is 0. The molecule has 0 aromatic heterocycles. The number of methoxy groups -OCH3 is 1. The summed E-state index contributed by atoms with van der Waals surface area (Å²) in [5.74, 6) is -1.16. The second kappa shape index (κ2) is 6.20. The van der Waals surface area contributed by atoms with Crippen molar-refractivity contribution in [1.82, 2.24) is 0 Å². The molecule has 0 saturated carbocycles. The summed E-state index contributed by atoms with van der Waals surface area (Å²) in [4.78, 5) is 10.7. The maximum Gasteiger partial charge on any atom is 0.534 e. The molecule has 0 saturated heterocycles. The molecule has 0 unspecified atom stereocenters. The fourth-order valence-corrected chi connectivity index (χ4v) is 1.68. The van der Waals surface area contributed by atoms with Gasteiger partial charge in [0.2, 0.25) is 0 Å². The maximum absolute atomic E-state index is 12.2. The van der Waals surface area contributed by atoms with Gasteiger partial charge in [0.25, 0.3) is 0 Å². The van der Waals surface area contributed by atoms with Crippen LogP contribution in [0, 0.1) is 0 Å². The van der Waals surface area contributed by atoms with Crippen LogP contribution in [0.3, 0.4) is 0 Å². The monoisotopic (exact) mass is 328 g/mol. The van der Waals surface area contributed by atoms with Crippen molar-refractivity contribution >= 4 is 16.1 Å². The van der Waals surface area contributed by atoms with Crippen molar-refractivity contribution in [2.75, 3.05) is 7.11 Å². The first kappa shape index (κ1) is 17.1. The van der Waals surface area contributed by atoms with Crippen molar-refractivity contribution in [3.63, 3.8) is 0 Å². The van der Waals surface area contributed by atoms with E-state index in [1.54, 1.807) is 0 Å². The Bertz CT molecular complexity index is 623. The van der Waals surface area contributed by atoms with Gasteiger partial charge in [0, 0.05) is 13.0 Å². The van der Waals surface area contributed by atoms with Crippen LogP contribution in [0.4, 0.5) is 13.2 Å². The third-order valence-electron chi connectivity index (χ3n) is 2.11. The molecule has 1 aromatic carbocycles. The predicted molar refractivity (Wildman–Crippen MR) is 64.1 cm³/mol. The van der Waals surface area contributed by atoms with Gasteiger partial charge in [-0.15, -0.1) is 0 Å². The van der Waals surface area contributed by atoms with Gasteiger partial charge in [0.05, 0.1) is 7.11 Å². The van der Waals surface area contributed by atoms with Crippen molar-refractivity contribution < 1.29 is 40.0 Å². The Labute approximate surface area is 118 Å². The number of carbonyl (C=O) groups excluding carboxylic acids is 1. The first-order chi connectivity index (χ1) is 9.55. The fraction of sp³-hybridized carbons (Fsp3) is 0.364. The standard InChI is InChI=1S/C11H11F3O6S/c1-7(15)19-6-8-3-9(18-2)5-10(4-8)20-21(16,17)11(12,13)14/h3-5H,6H2,1-2H3. The van der Waals surface area contributed by atoms with E-state index in [1.807, 2.05) is 0 Å². The molecule has 118 valence electrons. The highest BCUT2D eigenvalue weighted by Crippen LogP contribution is 2.30. The van der Waals surface area contributed by atoms with Crippen LogP contribution in [0.15, 0.2) is 18.2 Å². The number of alkyl halides is 3. The van der Waals surface area contributed by atoms with Crippen molar-refractivity contribution in [3.8, 4) is 11.5 Å². The summed E-state index contributed by atoms with van der Waals surface area (Å²) in [6.45, 7) is 0.876. The summed E-state index contributed by atoms with van der Waals surface area (Å²) in [5.41, 5.74) is -5.34. The van der Waals surface area contributed by atoms with E-state index in [0.29, 0.717) is 0 Å². The van der Waals surface area contributed by atoms with E-state index in [2.05, 4.69) is 8.92 Å². The van der Waals surface area contributed by atoms with Crippen molar-refractivity contribution in [1.29, 1.82) is 0 Å². The van der Waals surface area contributed by atoms with E-state index in [9.17, 15) is 26.4 Å². The zero-order valence-corrected chi connectivity index (χ0v) is 11.7. The van der Waals surface area contributed by atoms with Gasteiger partial charge in [-0.05, 0) is 17.7 Å². The summed E-state index contributed by atoms with van der Waals surface area (Å²) < 4.78 is 72.0. The molecule has 0 heterocycles. The molecule has 21 heavy (non-hydrogen) atoms. The second-order valence-electron chi connectivity index (χ2n) is 3.78. The van der Waals surface area contributed by atoms with Crippen LogP contribution >= 0.6 is 0 Å². The van der Waals surface area contributed by atoms with Gasteiger partial charge >= 0.3 is 21.6 Å². The normalized spacial score (nSPS) is 11.9. The zero-order chi connectivity index (χ0) is 16.3. The molecule has 0 spiro atoms. The molecular formula is C11H11F3O6S. The molecule has 0 amide bonds. The minimum absolute atomic E-state index is 0.0482. The molecule has 0 N–H and O–H groups in total. The summed E-state index contributed by atoms with van der Waals surface area (Å²) in [6.07, 6.45) is 0. The summed E-state index contributed by atoms with van der Waals surface area (Å²) in [6, 6.07) is 3.31. The Hall–Kier alpha value is -1.97. The lowest BCUT2D eigenvalue weighted by atomic mass is 10.2. The molecule has 0 atom stereocenters. The fourth-order valence-electron chi connectivity index (χ4n) is 1.24. The van der Waals surface area contributed by atoms with Crippen molar-refractivity contribution in [2.24, 2.45) is 0 Å². The first-order valence-corrected chi connectivity index (χ1v) is 6.78. The quantitative estimate of drug-likeness (QED) is 0.467. The van der Waals surface area contributed by atoms with Crippen molar-refractivity contribution in [3.05, 3.63) is 23.8 Å². The number of halogens is 3. The number of ether oxygens (including phenoxy) is 2. The van der Waals surface area contributed by atoms with Crippen LogP contribution in [0.5, 0.6) is 11.5 Å². The van der Waals surface area contributed by atoms with Crippen LogP contribution in [0.2, 0.25) is 0 Å². The molecule has 10 heteroatoms. The minimum Gasteiger partial charge on any atom is -0.497 e. The molecule has 0 aliphatic rings. The Balaban J connectivity index is 3.07. The van der Waals surface area contributed by atoms with Crippen LogP contribution in [-0.2, 0) is 26.3 Å². The highest BCUT2D eigenvalue weighted by atomic mass is 32.2. The van der Waals surface area contributed by atoms with E-state index < -0.39 is 27.3 Å². The zero-order valence-electron chi connectivity index (χ0n) is 10.9. The topological polar surface area (TPSA) is 78.9 Å². The molecule has 0 aliphatic carbocycles. The lowest BCUT2D eigenvalue weighted by Gasteiger charge is -2.12. The lowest BCUT2D eigenvalue weighted by molar-refractivity contribution is -0.142. The molecule has 6 nitrogen and oxygen atoms in total. The van der Waals surface area contributed by atoms with Gasteiger partial charge in [-0.1, -0.05) is 0 Å². The Kier molecular flexibility index (Phi) is 5.05. The first-order valence-electron chi connectivity index (χ1n) is 5.37. The average molecular weight is 328 g/mol. The molecule has 0 radical (unpaired) electrons. The Morgan fingerprint density at radius 3 is 2.24 bits per heavy atom. The van der Waals surface area contributed by atoms with Gasteiger partial charge in [-0.2, -0.15) is 21.6 Å². The number of hydrogen-bond acceptors (Lipinski definition) is 6. The van der Waals surface area contributed by atoms with E-state index in [1.165, 1.54) is 13.2 Å². The predicted octanol–water partition coefficient (Wildman–Crippen LogP) is 1.99. The van der Waals surface area contributed by atoms with Crippen LogP contribution < -0.4 is 8.92 Å². The third kappa shape index (κ3) is 4.81. The van der Waals surface area contributed by atoms with Gasteiger partial charge < -0.3 is 13.7 Å². The smallest absolute Gasteiger partial charge is 0.497 e. The van der Waals surface area contributed by atoms with Gasteiger partial charge in [-0.25, -0.2) is 0 Å². The number of rotatable bonds is 5. The lowest BCUT2D eigenvalue weighted by Crippen LogP contribution is -2.28. The van der Waals surface area contributed by atoms with Crippen LogP contribution in [0.25, 0.3) is 0 Å². The van der Waals surface area contributed by atoms with Gasteiger partial charge in [0.15, 0.2) is 0 Å². The number of benzene rings is 1. The summed E-state index contributed by atoms with van der Waals surface area (Å²) in [7, 11) is -4.56. The maximum atomic E-state index is 12.2. The van der Waals surface area contributed by atoms with E-state index in [-0.39, 0.29) is 17.9 Å². The van der Waals surface area contributed by atoms with Crippen molar-refractivity contribution in [2.45, 2.75) is 19.0 Å².